The molecule has 2 saturated carbocycles. The fraction of sp³-hybridized carbons (Fsp3) is 0.667. The van der Waals surface area contributed by atoms with Crippen molar-refractivity contribution in [1.29, 1.82) is 0 Å². The van der Waals surface area contributed by atoms with E-state index in [1.807, 2.05) is 12.1 Å². The lowest BCUT2D eigenvalue weighted by molar-refractivity contribution is -0.386. The van der Waals surface area contributed by atoms with Crippen molar-refractivity contribution in [2.45, 2.75) is 69.2 Å². The van der Waals surface area contributed by atoms with Gasteiger partial charge in [0, 0.05) is 22.6 Å². The Morgan fingerprint density at radius 2 is 1.79 bits per heavy atom. The van der Waals surface area contributed by atoms with E-state index in [2.05, 4.69) is 9.24 Å². The smallest absolute Gasteiger partial charge is 0.274 e. The molecule has 0 spiro atoms. The van der Waals surface area contributed by atoms with Crippen LogP contribution in [0.25, 0.3) is 0 Å². The van der Waals surface area contributed by atoms with Crippen molar-refractivity contribution in [2.75, 3.05) is 0 Å². The standard InChI is InChI=1S/C18H27N2O3P/c19-18(9-3-4-10-18)14-6-5-13(11-15(14)20(22)23)12-17(16(21)24)7-1-2-8-17/h5-6,11,16,21H,1-4,7-10,12,19,24H2. The van der Waals surface area contributed by atoms with Crippen LogP contribution in [0, 0.1) is 15.5 Å². The first-order valence-corrected chi connectivity index (χ1v) is 9.53. The maximum atomic E-state index is 11.6. The molecule has 2 aliphatic rings. The number of nitrogens with two attached hydrogens (primary N) is 1. The van der Waals surface area contributed by atoms with Crippen LogP contribution in [-0.4, -0.2) is 15.9 Å². The molecule has 0 bridgehead atoms. The number of hydrogen-bond acceptors (Lipinski definition) is 4. The van der Waals surface area contributed by atoms with Gasteiger partial charge in [-0.15, -0.1) is 9.24 Å². The van der Waals surface area contributed by atoms with Gasteiger partial charge >= 0.3 is 0 Å². The molecule has 0 radical (unpaired) electrons. The molecule has 0 aliphatic heterocycles. The van der Waals surface area contributed by atoms with Gasteiger partial charge < -0.3 is 10.8 Å². The largest absolute Gasteiger partial charge is 0.389 e. The van der Waals surface area contributed by atoms with Crippen LogP contribution in [0.4, 0.5) is 5.69 Å². The summed E-state index contributed by atoms with van der Waals surface area (Å²) in [5.41, 5.74) is 7.46. The molecule has 1 aromatic rings. The second-order valence-electron chi connectivity index (χ2n) is 7.66. The summed E-state index contributed by atoms with van der Waals surface area (Å²) < 4.78 is 0. The molecule has 2 atom stereocenters. The van der Waals surface area contributed by atoms with Crippen LogP contribution in [-0.2, 0) is 12.0 Å². The van der Waals surface area contributed by atoms with Crippen molar-refractivity contribution in [3.05, 3.63) is 39.4 Å². The molecule has 1 aromatic carbocycles. The summed E-state index contributed by atoms with van der Waals surface area (Å²) in [5, 5.41) is 21.8. The third kappa shape index (κ3) is 3.22. The Hall–Kier alpha value is -1.03. The van der Waals surface area contributed by atoms with Gasteiger partial charge in [-0.3, -0.25) is 10.1 Å². The maximum absolute atomic E-state index is 11.6. The average molecular weight is 350 g/mol. The minimum Gasteiger partial charge on any atom is -0.389 e. The van der Waals surface area contributed by atoms with Gasteiger partial charge in [-0.2, -0.15) is 0 Å². The van der Waals surface area contributed by atoms with E-state index in [1.54, 1.807) is 6.07 Å². The Balaban J connectivity index is 1.93. The Kier molecular flexibility index (Phi) is 4.96. The van der Waals surface area contributed by atoms with E-state index in [0.717, 1.165) is 56.9 Å². The highest BCUT2D eigenvalue weighted by Gasteiger charge is 2.40. The lowest BCUT2D eigenvalue weighted by Crippen LogP contribution is -2.34. The van der Waals surface area contributed by atoms with Gasteiger partial charge in [0.05, 0.1) is 10.8 Å². The van der Waals surface area contributed by atoms with Crippen LogP contribution in [0.2, 0.25) is 0 Å². The molecule has 0 aromatic heterocycles. The zero-order valence-electron chi connectivity index (χ0n) is 14.0. The predicted octanol–water partition coefficient (Wildman–Crippen LogP) is 3.62. The normalized spacial score (nSPS) is 23.3. The van der Waals surface area contributed by atoms with Crippen molar-refractivity contribution in [2.24, 2.45) is 11.1 Å². The van der Waals surface area contributed by atoms with E-state index >= 15 is 0 Å². The SMILES string of the molecule is NC1(c2ccc(CC3(C(O)P)CCCC3)cc2[N+](=O)[O-])CCCC1. The summed E-state index contributed by atoms with van der Waals surface area (Å²) in [6.07, 6.45) is 8.49. The maximum Gasteiger partial charge on any atom is 0.274 e. The molecule has 24 heavy (non-hydrogen) atoms. The van der Waals surface area contributed by atoms with E-state index in [0.29, 0.717) is 12.0 Å². The first-order chi connectivity index (χ1) is 11.4. The Labute approximate surface area is 145 Å². The minimum atomic E-state index is -0.563. The van der Waals surface area contributed by atoms with Crippen LogP contribution in [0.1, 0.15) is 62.5 Å². The van der Waals surface area contributed by atoms with Crippen molar-refractivity contribution in [3.63, 3.8) is 0 Å². The molecule has 3 N–H and O–H groups in total. The number of nitro groups is 1. The molecule has 3 rings (SSSR count). The van der Waals surface area contributed by atoms with Crippen molar-refractivity contribution < 1.29 is 10.0 Å². The number of nitro benzene ring substituents is 1. The summed E-state index contributed by atoms with van der Waals surface area (Å²) in [6, 6.07) is 5.52. The van der Waals surface area contributed by atoms with E-state index in [4.69, 9.17) is 5.73 Å². The molecule has 0 saturated heterocycles. The summed E-state index contributed by atoms with van der Waals surface area (Å²) in [5.74, 6) is -0.477. The lowest BCUT2D eigenvalue weighted by Gasteiger charge is -2.32. The van der Waals surface area contributed by atoms with Gasteiger partial charge in [0.2, 0.25) is 0 Å². The molecule has 132 valence electrons. The highest BCUT2D eigenvalue weighted by Crippen LogP contribution is 2.47. The highest BCUT2D eigenvalue weighted by molar-refractivity contribution is 7.17. The number of rotatable bonds is 5. The molecule has 0 amide bonds. The van der Waals surface area contributed by atoms with Crippen LogP contribution in [0.3, 0.4) is 0 Å². The molecular weight excluding hydrogens is 323 g/mol. The summed E-state index contributed by atoms with van der Waals surface area (Å²) in [4.78, 5) is 11.3. The van der Waals surface area contributed by atoms with Gasteiger partial charge in [-0.05, 0) is 37.7 Å². The van der Waals surface area contributed by atoms with E-state index in [9.17, 15) is 15.2 Å². The summed E-state index contributed by atoms with van der Waals surface area (Å²) in [7, 11) is 2.51. The topological polar surface area (TPSA) is 89.4 Å². The van der Waals surface area contributed by atoms with Crippen LogP contribution >= 0.6 is 9.24 Å². The Morgan fingerprint density at radius 1 is 1.21 bits per heavy atom. The first kappa shape index (κ1) is 17.8. The van der Waals surface area contributed by atoms with E-state index in [1.165, 1.54) is 0 Å². The van der Waals surface area contributed by atoms with E-state index in [-0.39, 0.29) is 16.0 Å². The van der Waals surface area contributed by atoms with Crippen molar-refractivity contribution >= 4 is 14.9 Å². The quantitative estimate of drug-likeness (QED) is 0.482. The number of benzene rings is 1. The third-order valence-corrected chi connectivity index (χ3v) is 6.78. The molecule has 6 heteroatoms. The number of aliphatic hydroxyl groups excluding tert-OH is 1. The van der Waals surface area contributed by atoms with Crippen molar-refractivity contribution in [3.8, 4) is 0 Å². The Bertz CT molecular complexity index is 621. The molecule has 2 aliphatic carbocycles. The predicted molar refractivity (Wildman–Crippen MR) is 97.8 cm³/mol. The third-order valence-electron chi connectivity index (χ3n) is 6.07. The second-order valence-corrected chi connectivity index (χ2v) is 8.29. The number of hydrogen-bond donors (Lipinski definition) is 2. The van der Waals surface area contributed by atoms with Crippen molar-refractivity contribution in [1.82, 2.24) is 0 Å². The second kappa shape index (κ2) is 6.70. The van der Waals surface area contributed by atoms with Gasteiger partial charge in [-0.25, -0.2) is 0 Å². The van der Waals surface area contributed by atoms with E-state index < -0.39 is 11.4 Å². The van der Waals surface area contributed by atoms with Gasteiger partial charge in [0.1, 0.15) is 0 Å². The fourth-order valence-electron chi connectivity index (χ4n) is 4.60. The summed E-state index contributed by atoms with van der Waals surface area (Å²) >= 11 is 0. The Morgan fingerprint density at radius 3 is 2.33 bits per heavy atom. The highest BCUT2D eigenvalue weighted by atomic mass is 31.0. The number of nitrogens with zero attached hydrogens (tertiary/aromatic N) is 1. The molecular formula is C18H27N2O3P. The van der Waals surface area contributed by atoms with Gasteiger partial charge in [0.15, 0.2) is 0 Å². The average Bonchev–Trinajstić information content (AvgIpc) is 3.18. The van der Waals surface area contributed by atoms with Crippen LogP contribution in [0.5, 0.6) is 0 Å². The minimum absolute atomic E-state index is 0.142. The van der Waals surface area contributed by atoms with Gasteiger partial charge in [0.25, 0.3) is 5.69 Å². The molecule has 0 heterocycles. The summed E-state index contributed by atoms with van der Waals surface area (Å²) in [6.45, 7) is 0. The fourth-order valence-corrected chi connectivity index (χ4v) is 5.05. The zero-order chi connectivity index (χ0) is 17.4. The molecule has 2 fully saturated rings. The number of aliphatic hydroxyl groups is 1. The molecule has 2 unspecified atom stereocenters. The van der Waals surface area contributed by atoms with Gasteiger partial charge in [-0.1, -0.05) is 37.8 Å². The van der Waals surface area contributed by atoms with Crippen LogP contribution in [0.15, 0.2) is 18.2 Å². The zero-order valence-corrected chi connectivity index (χ0v) is 15.2. The first-order valence-electron chi connectivity index (χ1n) is 8.87. The van der Waals surface area contributed by atoms with Crippen LogP contribution < -0.4 is 5.73 Å². The molecule has 5 nitrogen and oxygen atoms in total. The lowest BCUT2D eigenvalue weighted by atomic mass is 9.79. The monoisotopic (exact) mass is 350 g/mol.